The monoisotopic (exact) mass is 335 g/mol. The Hall–Kier alpha value is -2.33. The second-order valence-electron chi connectivity index (χ2n) is 5.39. The molecule has 3 aromatic heterocycles. The molecule has 0 aliphatic rings. The lowest BCUT2D eigenvalue weighted by Crippen LogP contribution is -2.28. The molecule has 0 aromatic carbocycles. The van der Waals surface area contributed by atoms with Crippen LogP contribution >= 0.6 is 0 Å². The number of aromatic nitrogens is 6. The zero-order valence-electron chi connectivity index (χ0n) is 13.2. The molecule has 0 unspecified atom stereocenters. The van der Waals surface area contributed by atoms with E-state index in [4.69, 9.17) is 0 Å². The summed E-state index contributed by atoms with van der Waals surface area (Å²) < 4.78 is 31.0. The van der Waals surface area contributed by atoms with Crippen molar-refractivity contribution >= 4 is 21.1 Å². The summed E-state index contributed by atoms with van der Waals surface area (Å²) in [6.07, 6.45) is 2.85. The summed E-state index contributed by atoms with van der Waals surface area (Å²) in [5.74, 6) is 0.528. The minimum absolute atomic E-state index is 0.0927. The van der Waals surface area contributed by atoms with E-state index in [2.05, 4.69) is 25.0 Å². The lowest BCUT2D eigenvalue weighted by Gasteiger charge is -2.13. The predicted molar refractivity (Wildman–Crippen MR) is 83.0 cm³/mol. The van der Waals surface area contributed by atoms with Crippen molar-refractivity contribution in [3.05, 3.63) is 30.1 Å². The molecule has 0 saturated heterocycles. The van der Waals surface area contributed by atoms with Gasteiger partial charge in [0.15, 0.2) is 5.65 Å². The van der Waals surface area contributed by atoms with Crippen molar-refractivity contribution in [2.45, 2.75) is 24.8 Å². The highest BCUT2D eigenvalue weighted by Crippen LogP contribution is 2.20. The lowest BCUT2D eigenvalue weighted by molar-refractivity contribution is 0.553. The Kier molecular flexibility index (Phi) is 3.65. The van der Waals surface area contributed by atoms with Crippen molar-refractivity contribution in [1.29, 1.82) is 0 Å². The summed E-state index contributed by atoms with van der Waals surface area (Å²) in [6.45, 7) is 3.53. The fourth-order valence-electron chi connectivity index (χ4n) is 2.47. The van der Waals surface area contributed by atoms with Crippen LogP contribution in [0.4, 0.5) is 0 Å². The number of hydrogen-bond donors (Lipinski definition) is 1. The lowest BCUT2D eigenvalue weighted by atomic mass is 10.3. The fourth-order valence-corrected chi connectivity index (χ4v) is 3.64. The van der Waals surface area contributed by atoms with Gasteiger partial charge >= 0.3 is 0 Å². The summed E-state index contributed by atoms with van der Waals surface area (Å²) in [6, 6.07) is 1.06. The Morgan fingerprint density at radius 3 is 2.70 bits per heavy atom. The van der Waals surface area contributed by atoms with Gasteiger partial charge in [0, 0.05) is 25.7 Å². The Balaban J connectivity index is 1.96. The first-order chi connectivity index (χ1) is 10.8. The van der Waals surface area contributed by atoms with E-state index in [9.17, 15) is 8.42 Å². The molecule has 1 N–H and O–H groups in total. The largest absolute Gasteiger partial charge is 0.319 e. The highest BCUT2D eigenvalue weighted by Gasteiger charge is 2.22. The van der Waals surface area contributed by atoms with E-state index < -0.39 is 16.1 Å². The van der Waals surface area contributed by atoms with Crippen molar-refractivity contribution in [1.82, 2.24) is 34.3 Å². The number of rotatable bonds is 4. The van der Waals surface area contributed by atoms with Gasteiger partial charge in [-0.25, -0.2) is 18.1 Å². The SMILES string of the molecule is Cc1nn(C)c2ncc(S(=O)(=O)N[C@@H](C)c3nncn3C)cc12. The molecule has 3 rings (SSSR count). The van der Waals surface area contributed by atoms with Gasteiger partial charge < -0.3 is 4.57 Å². The quantitative estimate of drug-likeness (QED) is 0.741. The highest BCUT2D eigenvalue weighted by molar-refractivity contribution is 7.89. The van der Waals surface area contributed by atoms with Gasteiger partial charge in [0.1, 0.15) is 17.0 Å². The molecule has 3 aromatic rings. The van der Waals surface area contributed by atoms with Crippen LogP contribution in [-0.4, -0.2) is 37.9 Å². The molecule has 0 saturated carbocycles. The van der Waals surface area contributed by atoms with E-state index in [-0.39, 0.29) is 4.90 Å². The number of hydrogen-bond acceptors (Lipinski definition) is 6. The summed E-state index contributed by atoms with van der Waals surface area (Å²) in [7, 11) is -0.206. The highest BCUT2D eigenvalue weighted by atomic mass is 32.2. The third-order valence-corrected chi connectivity index (χ3v) is 5.12. The maximum Gasteiger partial charge on any atom is 0.242 e. The molecule has 0 aliphatic heterocycles. The topological polar surface area (TPSA) is 108 Å². The van der Waals surface area contributed by atoms with Crippen molar-refractivity contribution in [2.75, 3.05) is 0 Å². The van der Waals surface area contributed by atoms with E-state index in [1.165, 1.54) is 12.5 Å². The minimum atomic E-state index is -3.73. The van der Waals surface area contributed by atoms with Crippen LogP contribution in [0.25, 0.3) is 11.0 Å². The van der Waals surface area contributed by atoms with E-state index in [1.807, 2.05) is 6.92 Å². The smallest absolute Gasteiger partial charge is 0.242 e. The molecule has 23 heavy (non-hydrogen) atoms. The van der Waals surface area contributed by atoms with Gasteiger partial charge in [-0.15, -0.1) is 10.2 Å². The maximum absolute atomic E-state index is 12.6. The van der Waals surface area contributed by atoms with Gasteiger partial charge in [0.25, 0.3) is 0 Å². The molecular weight excluding hydrogens is 318 g/mol. The van der Waals surface area contributed by atoms with E-state index >= 15 is 0 Å². The van der Waals surface area contributed by atoms with Crippen LogP contribution in [0.3, 0.4) is 0 Å². The van der Waals surface area contributed by atoms with E-state index in [0.717, 1.165) is 5.69 Å². The third kappa shape index (κ3) is 2.70. The van der Waals surface area contributed by atoms with Crippen LogP contribution in [0, 0.1) is 6.92 Å². The van der Waals surface area contributed by atoms with Crippen molar-refractivity contribution in [3.63, 3.8) is 0 Å². The summed E-state index contributed by atoms with van der Waals surface area (Å²) >= 11 is 0. The Morgan fingerprint density at radius 1 is 1.30 bits per heavy atom. The summed E-state index contributed by atoms with van der Waals surface area (Å²) in [5, 5.41) is 12.6. The predicted octanol–water partition coefficient (Wildman–Crippen LogP) is 0.445. The fraction of sp³-hybridized carbons (Fsp3) is 0.385. The molecule has 3 heterocycles. The zero-order chi connectivity index (χ0) is 16.8. The average molecular weight is 335 g/mol. The minimum Gasteiger partial charge on any atom is -0.319 e. The average Bonchev–Trinajstić information content (AvgIpc) is 3.03. The Bertz CT molecular complexity index is 974. The van der Waals surface area contributed by atoms with Gasteiger partial charge in [-0.2, -0.15) is 5.10 Å². The van der Waals surface area contributed by atoms with Crippen LogP contribution < -0.4 is 4.72 Å². The number of fused-ring (bicyclic) bond motifs is 1. The molecular formula is C13H17N7O2S. The van der Waals surface area contributed by atoms with Crippen molar-refractivity contribution in [3.8, 4) is 0 Å². The van der Waals surface area contributed by atoms with E-state index in [0.29, 0.717) is 16.9 Å². The molecule has 0 aliphatic carbocycles. The van der Waals surface area contributed by atoms with Gasteiger partial charge in [-0.3, -0.25) is 4.68 Å². The number of nitrogens with zero attached hydrogens (tertiary/aromatic N) is 6. The normalized spacial score (nSPS) is 13.6. The van der Waals surface area contributed by atoms with Crippen LogP contribution in [-0.2, 0) is 24.1 Å². The first-order valence-corrected chi connectivity index (χ1v) is 8.43. The van der Waals surface area contributed by atoms with Crippen molar-refractivity contribution in [2.24, 2.45) is 14.1 Å². The molecule has 0 bridgehead atoms. The van der Waals surface area contributed by atoms with Crippen LogP contribution in [0.1, 0.15) is 24.5 Å². The Morgan fingerprint density at radius 2 is 2.04 bits per heavy atom. The number of sulfonamides is 1. The van der Waals surface area contributed by atoms with Gasteiger partial charge in [-0.1, -0.05) is 0 Å². The number of nitrogens with one attached hydrogen (secondary N) is 1. The van der Waals surface area contributed by atoms with Crippen LogP contribution in [0.15, 0.2) is 23.5 Å². The standard InChI is InChI=1S/C13H17N7O2S/c1-8-11-5-10(6-14-13(11)20(4)17-8)23(21,22)18-9(2)12-16-15-7-19(12)3/h5-7,9,18H,1-4H3/t9-/m0/s1. The molecule has 10 heteroatoms. The summed E-state index contributed by atoms with van der Waals surface area (Å²) in [5.41, 5.74) is 1.37. The van der Waals surface area contributed by atoms with Crippen LogP contribution in [0.2, 0.25) is 0 Å². The Labute approximate surface area is 133 Å². The summed E-state index contributed by atoms with van der Waals surface area (Å²) in [4.78, 5) is 4.30. The number of pyridine rings is 1. The number of aryl methyl sites for hydroxylation is 3. The molecule has 122 valence electrons. The molecule has 0 radical (unpaired) electrons. The molecule has 0 fully saturated rings. The molecule has 0 amide bonds. The zero-order valence-corrected chi connectivity index (χ0v) is 14.0. The maximum atomic E-state index is 12.6. The second kappa shape index (κ2) is 5.39. The molecule has 1 atom stereocenters. The first kappa shape index (κ1) is 15.6. The first-order valence-electron chi connectivity index (χ1n) is 6.95. The van der Waals surface area contributed by atoms with Crippen molar-refractivity contribution < 1.29 is 8.42 Å². The van der Waals surface area contributed by atoms with Gasteiger partial charge in [0.05, 0.1) is 11.7 Å². The van der Waals surface area contributed by atoms with E-state index in [1.54, 1.807) is 36.3 Å². The van der Waals surface area contributed by atoms with Gasteiger partial charge in [-0.05, 0) is 19.9 Å². The third-order valence-electron chi connectivity index (χ3n) is 3.61. The van der Waals surface area contributed by atoms with Gasteiger partial charge in [0.2, 0.25) is 10.0 Å². The van der Waals surface area contributed by atoms with Crippen LogP contribution in [0.5, 0.6) is 0 Å². The molecule has 9 nitrogen and oxygen atoms in total. The molecule has 0 spiro atoms. The second-order valence-corrected chi connectivity index (χ2v) is 7.11.